The number of nitrogens with zero attached hydrogens (tertiary/aromatic N) is 2. The lowest BCUT2D eigenvalue weighted by atomic mass is 9.97. The highest BCUT2D eigenvalue weighted by atomic mass is 16.4. The fourth-order valence-corrected chi connectivity index (χ4v) is 2.90. The summed E-state index contributed by atoms with van der Waals surface area (Å²) in [6.45, 7) is 4.40. The number of rotatable bonds is 3. The van der Waals surface area contributed by atoms with Gasteiger partial charge in [0.1, 0.15) is 0 Å². The van der Waals surface area contributed by atoms with Crippen LogP contribution in [0.4, 0.5) is 0 Å². The molecule has 0 bridgehead atoms. The van der Waals surface area contributed by atoms with Gasteiger partial charge in [0.25, 0.3) is 0 Å². The van der Waals surface area contributed by atoms with Crippen molar-refractivity contribution in [2.75, 3.05) is 13.1 Å². The van der Waals surface area contributed by atoms with Crippen LogP contribution in [0.5, 0.6) is 0 Å². The molecule has 0 saturated carbocycles. The maximum atomic E-state index is 8.60. The quantitative estimate of drug-likeness (QED) is 0.281. The molecule has 0 radical (unpaired) electrons. The Bertz CT molecular complexity index is 269. The van der Waals surface area contributed by atoms with Crippen LogP contribution in [-0.2, 0) is 0 Å². The van der Waals surface area contributed by atoms with Gasteiger partial charge in [-0.05, 0) is 45.7 Å². The zero-order chi connectivity index (χ0) is 11.5. The topological polar surface area (TPSA) is 73.9 Å². The van der Waals surface area contributed by atoms with Crippen LogP contribution in [-0.4, -0.2) is 47.2 Å². The van der Waals surface area contributed by atoms with Crippen LogP contribution in [0.15, 0.2) is 5.16 Å². The van der Waals surface area contributed by atoms with Gasteiger partial charge in [0.05, 0.1) is 6.04 Å². The molecular weight excluding hydrogens is 204 g/mol. The molecule has 0 aromatic carbocycles. The maximum Gasteiger partial charge on any atom is 0.156 e. The van der Waals surface area contributed by atoms with Crippen molar-refractivity contribution in [3.05, 3.63) is 0 Å². The summed E-state index contributed by atoms with van der Waals surface area (Å²) < 4.78 is 0. The summed E-state index contributed by atoms with van der Waals surface area (Å²) in [5, 5.41) is 15.1. The van der Waals surface area contributed by atoms with E-state index in [4.69, 9.17) is 10.9 Å². The third-order valence-corrected chi connectivity index (χ3v) is 3.87. The van der Waals surface area contributed by atoms with E-state index in [9.17, 15) is 0 Å². The minimum absolute atomic E-state index is 0.0389. The van der Waals surface area contributed by atoms with Gasteiger partial charge in [-0.15, -0.1) is 0 Å². The van der Waals surface area contributed by atoms with E-state index >= 15 is 0 Å². The molecule has 16 heavy (non-hydrogen) atoms. The largest absolute Gasteiger partial charge is 0.409 e. The van der Waals surface area contributed by atoms with Crippen molar-refractivity contribution in [3.8, 4) is 0 Å². The summed E-state index contributed by atoms with van der Waals surface area (Å²) in [7, 11) is 0. The van der Waals surface area contributed by atoms with Crippen LogP contribution in [0.25, 0.3) is 0 Å². The zero-order valence-corrected chi connectivity index (χ0v) is 9.89. The number of nitrogens with one attached hydrogen (secondary N) is 1. The van der Waals surface area contributed by atoms with Crippen LogP contribution in [0.1, 0.15) is 32.6 Å². The second kappa shape index (κ2) is 5.01. The molecule has 0 aromatic rings. The predicted molar refractivity (Wildman–Crippen MR) is 63.6 cm³/mol. The van der Waals surface area contributed by atoms with Gasteiger partial charge in [-0.1, -0.05) is 5.16 Å². The van der Waals surface area contributed by atoms with E-state index in [0.29, 0.717) is 6.04 Å². The Kier molecular flexibility index (Phi) is 3.66. The second-order valence-electron chi connectivity index (χ2n) is 4.97. The Balaban J connectivity index is 1.83. The predicted octanol–water partition coefficient (Wildman–Crippen LogP) is 0.338. The molecule has 0 aromatic heterocycles. The van der Waals surface area contributed by atoms with Crippen molar-refractivity contribution in [1.29, 1.82) is 0 Å². The highest BCUT2D eigenvalue weighted by Crippen LogP contribution is 2.26. The molecule has 3 unspecified atom stereocenters. The first-order valence-corrected chi connectivity index (χ1v) is 6.18. The van der Waals surface area contributed by atoms with E-state index < -0.39 is 0 Å². The van der Waals surface area contributed by atoms with Crippen LogP contribution < -0.4 is 11.1 Å². The first kappa shape index (κ1) is 11.7. The monoisotopic (exact) mass is 226 g/mol. The number of oxime groups is 1. The Morgan fingerprint density at radius 3 is 3.06 bits per heavy atom. The molecule has 2 aliphatic heterocycles. The summed E-state index contributed by atoms with van der Waals surface area (Å²) >= 11 is 0. The molecule has 92 valence electrons. The Morgan fingerprint density at radius 1 is 1.50 bits per heavy atom. The van der Waals surface area contributed by atoms with Crippen molar-refractivity contribution in [1.82, 2.24) is 10.2 Å². The maximum absolute atomic E-state index is 8.60. The highest BCUT2D eigenvalue weighted by Gasteiger charge is 2.32. The lowest BCUT2D eigenvalue weighted by Crippen LogP contribution is -2.51. The molecule has 2 aliphatic rings. The summed E-state index contributed by atoms with van der Waals surface area (Å²) in [5.74, 6) is 0.272. The SMILES string of the molecule is CC(NC1CCN2CCCC2C1)C(N)=NO. The summed E-state index contributed by atoms with van der Waals surface area (Å²) in [6.07, 6.45) is 5.03. The van der Waals surface area contributed by atoms with Crippen LogP contribution in [0.2, 0.25) is 0 Å². The first-order valence-electron chi connectivity index (χ1n) is 6.18. The van der Waals surface area contributed by atoms with E-state index in [1.807, 2.05) is 6.92 Å². The van der Waals surface area contributed by atoms with Gasteiger partial charge in [0.2, 0.25) is 0 Å². The molecule has 0 amide bonds. The summed E-state index contributed by atoms with van der Waals surface area (Å²) in [4.78, 5) is 2.59. The van der Waals surface area contributed by atoms with Crippen molar-refractivity contribution < 1.29 is 5.21 Å². The average Bonchev–Trinajstić information content (AvgIpc) is 2.75. The van der Waals surface area contributed by atoms with E-state index in [0.717, 1.165) is 6.04 Å². The van der Waals surface area contributed by atoms with Gasteiger partial charge in [-0.2, -0.15) is 0 Å². The number of amidine groups is 1. The van der Waals surface area contributed by atoms with E-state index in [2.05, 4.69) is 15.4 Å². The minimum Gasteiger partial charge on any atom is -0.409 e. The van der Waals surface area contributed by atoms with E-state index in [-0.39, 0.29) is 11.9 Å². The molecule has 5 nitrogen and oxygen atoms in total. The second-order valence-corrected chi connectivity index (χ2v) is 4.97. The Labute approximate surface area is 96.7 Å². The number of nitrogens with two attached hydrogens (primary N) is 1. The molecule has 3 atom stereocenters. The Hall–Kier alpha value is -0.810. The average molecular weight is 226 g/mol. The first-order chi connectivity index (χ1) is 7.70. The number of hydrogen-bond donors (Lipinski definition) is 3. The van der Waals surface area contributed by atoms with Crippen LogP contribution in [0.3, 0.4) is 0 Å². The Morgan fingerprint density at radius 2 is 2.31 bits per heavy atom. The summed E-state index contributed by atoms with van der Waals surface area (Å²) in [5.41, 5.74) is 5.57. The highest BCUT2D eigenvalue weighted by molar-refractivity contribution is 5.84. The molecular formula is C11H22N4O. The fourth-order valence-electron chi connectivity index (χ4n) is 2.90. The van der Waals surface area contributed by atoms with E-state index in [1.165, 1.54) is 38.8 Å². The molecule has 2 heterocycles. The van der Waals surface area contributed by atoms with E-state index in [1.54, 1.807) is 0 Å². The number of piperidine rings is 1. The zero-order valence-electron chi connectivity index (χ0n) is 9.89. The number of fused-ring (bicyclic) bond motifs is 1. The molecule has 5 heteroatoms. The van der Waals surface area contributed by atoms with Gasteiger partial charge >= 0.3 is 0 Å². The molecule has 4 N–H and O–H groups in total. The van der Waals surface area contributed by atoms with Crippen LogP contribution >= 0.6 is 0 Å². The van der Waals surface area contributed by atoms with Gasteiger partial charge in [-0.25, -0.2) is 0 Å². The van der Waals surface area contributed by atoms with Gasteiger partial charge in [0.15, 0.2) is 5.84 Å². The van der Waals surface area contributed by atoms with Crippen LogP contribution in [0, 0.1) is 0 Å². The van der Waals surface area contributed by atoms with Crippen molar-refractivity contribution in [3.63, 3.8) is 0 Å². The normalized spacial score (nSPS) is 33.7. The molecule has 0 aliphatic carbocycles. The molecule has 2 saturated heterocycles. The lowest BCUT2D eigenvalue weighted by Gasteiger charge is -2.36. The van der Waals surface area contributed by atoms with Crippen molar-refractivity contribution in [2.45, 2.75) is 50.7 Å². The number of hydrogen-bond acceptors (Lipinski definition) is 4. The molecule has 2 fully saturated rings. The lowest BCUT2D eigenvalue weighted by molar-refractivity contribution is 0.165. The standard InChI is InChI=1S/C11H22N4O/c1-8(11(12)14-16)13-9-4-6-15-5-2-3-10(15)7-9/h8-10,13,16H,2-7H2,1H3,(H2,12,14). The third kappa shape index (κ3) is 2.47. The minimum atomic E-state index is -0.0389. The van der Waals surface area contributed by atoms with Gasteiger partial charge in [-0.3, -0.25) is 0 Å². The smallest absolute Gasteiger partial charge is 0.156 e. The third-order valence-electron chi connectivity index (χ3n) is 3.87. The van der Waals surface area contributed by atoms with Crippen molar-refractivity contribution in [2.24, 2.45) is 10.9 Å². The fraction of sp³-hybridized carbons (Fsp3) is 0.909. The van der Waals surface area contributed by atoms with Gasteiger partial charge in [0, 0.05) is 12.1 Å². The van der Waals surface area contributed by atoms with Gasteiger partial charge < -0.3 is 21.2 Å². The molecule has 2 rings (SSSR count). The molecule has 0 spiro atoms. The van der Waals surface area contributed by atoms with Crippen molar-refractivity contribution >= 4 is 5.84 Å². The summed E-state index contributed by atoms with van der Waals surface area (Å²) in [6, 6.07) is 1.23.